The van der Waals surface area contributed by atoms with Gasteiger partial charge in [-0.05, 0) is 26.3 Å². The number of hydrogen-bond acceptors (Lipinski definition) is 4. The van der Waals surface area contributed by atoms with Crippen LogP contribution in [0.3, 0.4) is 0 Å². The molecular formula is C17H27N5O2. The lowest BCUT2D eigenvalue weighted by Crippen LogP contribution is -2.48. The molecule has 1 aromatic heterocycles. The largest absolute Gasteiger partial charge is 0.354 e. The molecule has 0 radical (unpaired) electrons. The van der Waals surface area contributed by atoms with E-state index in [2.05, 4.69) is 22.2 Å². The predicted octanol–water partition coefficient (Wildman–Crippen LogP) is 0.540. The van der Waals surface area contributed by atoms with Crippen LogP contribution in [0.5, 0.6) is 0 Å². The minimum Gasteiger partial charge on any atom is -0.354 e. The first-order valence-corrected chi connectivity index (χ1v) is 8.70. The molecule has 2 heterocycles. The third-order valence-electron chi connectivity index (χ3n) is 5.25. The third kappa shape index (κ3) is 3.45. The van der Waals surface area contributed by atoms with Crippen molar-refractivity contribution in [2.24, 2.45) is 13.0 Å². The summed E-state index contributed by atoms with van der Waals surface area (Å²) in [7, 11) is 5.77. The average molecular weight is 333 g/mol. The number of piperidine rings is 1. The standard InChI is InChI=1S/C17H27N5O2/c1-20(12-4-5-12)10-9-19-17(24)13-6-7-14(23)22(3)15(13)16-18-8-11-21(16)2/h8,11-13,15H,4-7,9-10H2,1-3H3,(H,19,24)/t13-,15-/m0/s1. The van der Waals surface area contributed by atoms with E-state index < -0.39 is 0 Å². The number of aryl methyl sites for hydroxylation is 1. The normalized spacial score (nSPS) is 24.5. The number of imidazole rings is 1. The van der Waals surface area contributed by atoms with Crippen LogP contribution in [0, 0.1) is 5.92 Å². The highest BCUT2D eigenvalue weighted by atomic mass is 16.2. The molecule has 0 aromatic carbocycles. The maximum Gasteiger partial charge on any atom is 0.225 e. The Balaban J connectivity index is 1.65. The second-order valence-electron chi connectivity index (χ2n) is 6.99. The first-order valence-electron chi connectivity index (χ1n) is 8.70. The molecule has 3 rings (SSSR count). The first-order chi connectivity index (χ1) is 11.5. The van der Waals surface area contributed by atoms with Gasteiger partial charge < -0.3 is 19.7 Å². The molecule has 0 bridgehead atoms. The van der Waals surface area contributed by atoms with E-state index in [1.165, 1.54) is 12.8 Å². The summed E-state index contributed by atoms with van der Waals surface area (Å²) in [5.74, 6) is 0.605. The van der Waals surface area contributed by atoms with Gasteiger partial charge in [-0.25, -0.2) is 4.98 Å². The van der Waals surface area contributed by atoms with Crippen LogP contribution >= 0.6 is 0 Å². The molecule has 1 aliphatic heterocycles. The smallest absolute Gasteiger partial charge is 0.225 e. The Kier molecular flexibility index (Phi) is 4.89. The minimum absolute atomic E-state index is 0.0200. The average Bonchev–Trinajstić information content (AvgIpc) is 3.32. The van der Waals surface area contributed by atoms with Crippen molar-refractivity contribution in [1.82, 2.24) is 24.7 Å². The Labute approximate surface area is 143 Å². The van der Waals surface area contributed by atoms with E-state index >= 15 is 0 Å². The molecule has 2 atom stereocenters. The van der Waals surface area contributed by atoms with Gasteiger partial charge in [0.2, 0.25) is 11.8 Å². The van der Waals surface area contributed by atoms with Crippen molar-refractivity contribution in [2.45, 2.75) is 37.8 Å². The van der Waals surface area contributed by atoms with Crippen molar-refractivity contribution in [2.75, 3.05) is 27.2 Å². The van der Waals surface area contributed by atoms with Gasteiger partial charge in [0.1, 0.15) is 11.9 Å². The number of carbonyl (C=O) groups excluding carboxylic acids is 2. The van der Waals surface area contributed by atoms with Gasteiger partial charge in [-0.1, -0.05) is 0 Å². The van der Waals surface area contributed by atoms with E-state index in [1.54, 1.807) is 18.1 Å². The molecular weight excluding hydrogens is 306 g/mol. The fourth-order valence-corrected chi connectivity index (χ4v) is 3.51. The molecule has 0 spiro atoms. The summed E-state index contributed by atoms with van der Waals surface area (Å²) in [6.45, 7) is 1.51. The summed E-state index contributed by atoms with van der Waals surface area (Å²) < 4.78 is 1.89. The zero-order valence-electron chi connectivity index (χ0n) is 14.7. The zero-order valence-corrected chi connectivity index (χ0v) is 14.7. The molecule has 7 heteroatoms. The summed E-state index contributed by atoms with van der Waals surface area (Å²) in [5, 5.41) is 3.06. The molecule has 1 saturated carbocycles. The maximum absolute atomic E-state index is 12.7. The number of rotatable bonds is 6. The summed E-state index contributed by atoms with van der Waals surface area (Å²) in [4.78, 5) is 33.2. The van der Waals surface area contributed by atoms with Crippen LogP contribution < -0.4 is 5.32 Å². The third-order valence-corrected chi connectivity index (χ3v) is 5.25. The molecule has 132 valence electrons. The van der Waals surface area contributed by atoms with Crippen molar-refractivity contribution in [3.63, 3.8) is 0 Å². The molecule has 7 nitrogen and oxygen atoms in total. The quantitative estimate of drug-likeness (QED) is 0.825. The Hall–Kier alpha value is -1.89. The summed E-state index contributed by atoms with van der Waals surface area (Å²) in [6, 6.07) is 0.396. The van der Waals surface area contributed by atoms with Crippen LogP contribution in [0.15, 0.2) is 12.4 Å². The molecule has 1 N–H and O–H groups in total. The second kappa shape index (κ2) is 6.93. The monoisotopic (exact) mass is 333 g/mol. The van der Waals surface area contributed by atoms with Gasteiger partial charge in [0, 0.05) is 52.0 Å². The van der Waals surface area contributed by atoms with Gasteiger partial charge in [0.25, 0.3) is 0 Å². The van der Waals surface area contributed by atoms with Crippen LogP contribution in [0.2, 0.25) is 0 Å². The van der Waals surface area contributed by atoms with Crippen molar-refractivity contribution in [1.29, 1.82) is 0 Å². The number of nitrogens with zero attached hydrogens (tertiary/aromatic N) is 4. The molecule has 0 unspecified atom stereocenters. The Bertz CT molecular complexity index is 610. The molecule has 2 fully saturated rings. The summed E-state index contributed by atoms with van der Waals surface area (Å²) in [6.07, 6.45) is 7.08. The Morgan fingerprint density at radius 1 is 1.38 bits per heavy atom. The molecule has 24 heavy (non-hydrogen) atoms. The lowest BCUT2D eigenvalue weighted by Gasteiger charge is -2.37. The van der Waals surface area contributed by atoms with E-state index in [9.17, 15) is 9.59 Å². The predicted molar refractivity (Wildman–Crippen MR) is 90.1 cm³/mol. The van der Waals surface area contributed by atoms with E-state index in [0.717, 1.165) is 12.4 Å². The van der Waals surface area contributed by atoms with Crippen LogP contribution in [-0.2, 0) is 16.6 Å². The number of hydrogen-bond donors (Lipinski definition) is 1. The topological polar surface area (TPSA) is 70.5 Å². The number of amides is 2. The lowest BCUT2D eigenvalue weighted by atomic mass is 9.87. The molecule has 1 aliphatic carbocycles. The zero-order chi connectivity index (χ0) is 17.3. The van der Waals surface area contributed by atoms with Crippen LogP contribution in [0.4, 0.5) is 0 Å². The summed E-state index contributed by atoms with van der Waals surface area (Å²) in [5.41, 5.74) is 0. The number of carbonyl (C=O) groups is 2. The Morgan fingerprint density at radius 3 is 2.75 bits per heavy atom. The van der Waals surface area contributed by atoms with Crippen molar-refractivity contribution in [3.05, 3.63) is 18.2 Å². The number of likely N-dealkylation sites (tertiary alicyclic amines) is 1. The van der Waals surface area contributed by atoms with Gasteiger partial charge in [-0.3, -0.25) is 9.59 Å². The molecule has 2 amide bonds. The maximum atomic E-state index is 12.7. The van der Waals surface area contributed by atoms with Crippen molar-refractivity contribution in [3.8, 4) is 0 Å². The van der Waals surface area contributed by atoms with Gasteiger partial charge >= 0.3 is 0 Å². The highest BCUT2D eigenvalue weighted by Gasteiger charge is 2.40. The van der Waals surface area contributed by atoms with E-state index in [1.807, 2.05) is 17.8 Å². The number of aromatic nitrogens is 2. The van der Waals surface area contributed by atoms with Gasteiger partial charge in [0.15, 0.2) is 0 Å². The van der Waals surface area contributed by atoms with E-state index in [0.29, 0.717) is 25.4 Å². The number of likely N-dealkylation sites (N-methyl/N-ethyl adjacent to an activating group) is 1. The van der Waals surface area contributed by atoms with E-state index in [4.69, 9.17) is 0 Å². The summed E-state index contributed by atoms with van der Waals surface area (Å²) >= 11 is 0. The van der Waals surface area contributed by atoms with Crippen LogP contribution in [0.25, 0.3) is 0 Å². The first kappa shape index (κ1) is 17.0. The molecule has 1 saturated heterocycles. The van der Waals surface area contributed by atoms with Crippen LogP contribution in [-0.4, -0.2) is 64.4 Å². The van der Waals surface area contributed by atoms with Gasteiger partial charge in [0.05, 0.1) is 5.92 Å². The van der Waals surface area contributed by atoms with Gasteiger partial charge in [-0.2, -0.15) is 0 Å². The fraction of sp³-hybridized carbons (Fsp3) is 0.706. The number of nitrogens with one attached hydrogen (secondary N) is 1. The molecule has 2 aliphatic rings. The fourth-order valence-electron chi connectivity index (χ4n) is 3.51. The van der Waals surface area contributed by atoms with Crippen molar-refractivity contribution >= 4 is 11.8 Å². The highest BCUT2D eigenvalue weighted by Crippen LogP contribution is 2.34. The van der Waals surface area contributed by atoms with Gasteiger partial charge in [-0.15, -0.1) is 0 Å². The van der Waals surface area contributed by atoms with Crippen LogP contribution in [0.1, 0.15) is 37.5 Å². The highest BCUT2D eigenvalue weighted by molar-refractivity contribution is 5.84. The Morgan fingerprint density at radius 2 is 2.12 bits per heavy atom. The second-order valence-corrected chi connectivity index (χ2v) is 6.99. The molecule has 1 aromatic rings. The minimum atomic E-state index is -0.299. The van der Waals surface area contributed by atoms with Crippen molar-refractivity contribution < 1.29 is 9.59 Å². The SMILES string of the molecule is CN(CCNC(=O)[C@H]1CCC(=O)N(C)[C@@H]1c1nccn1C)C1CC1. The van der Waals surface area contributed by atoms with E-state index in [-0.39, 0.29) is 23.8 Å². The lowest BCUT2D eigenvalue weighted by molar-refractivity contribution is -0.142.